The number of hydrogen-bond acceptors (Lipinski definition) is 6. The van der Waals surface area contributed by atoms with Crippen LogP contribution in [0.1, 0.15) is 35.8 Å². The molecule has 114 valence electrons. The summed E-state index contributed by atoms with van der Waals surface area (Å²) in [7, 11) is 1.88. The zero-order valence-corrected chi connectivity index (χ0v) is 12.0. The van der Waals surface area contributed by atoms with Crippen molar-refractivity contribution in [2.75, 3.05) is 20.1 Å². The van der Waals surface area contributed by atoms with Crippen molar-refractivity contribution in [1.82, 2.24) is 19.9 Å². The lowest BCUT2D eigenvalue weighted by molar-refractivity contribution is -0.134. The van der Waals surface area contributed by atoms with Crippen LogP contribution in [0.5, 0.6) is 0 Å². The van der Waals surface area contributed by atoms with E-state index in [2.05, 4.69) is 15.0 Å². The Hall–Kier alpha value is -1.96. The van der Waals surface area contributed by atoms with Crippen molar-refractivity contribution in [1.29, 1.82) is 0 Å². The molecule has 0 spiro atoms. The van der Waals surface area contributed by atoms with Gasteiger partial charge in [-0.3, -0.25) is 14.5 Å². The summed E-state index contributed by atoms with van der Waals surface area (Å²) in [6, 6.07) is 0.225. The molecule has 1 aromatic rings. The monoisotopic (exact) mass is 293 g/mol. The van der Waals surface area contributed by atoms with E-state index in [1.165, 1.54) is 0 Å². The van der Waals surface area contributed by atoms with Crippen LogP contribution in [0.25, 0.3) is 0 Å². The molecule has 2 aliphatic rings. The second kappa shape index (κ2) is 5.44. The molecule has 3 heterocycles. The second-order valence-corrected chi connectivity index (χ2v) is 5.80. The first-order valence-electron chi connectivity index (χ1n) is 7.16. The average Bonchev–Trinajstić information content (AvgIpc) is 2.80. The van der Waals surface area contributed by atoms with Gasteiger partial charge in [0.2, 0.25) is 11.8 Å². The maximum Gasteiger partial charge on any atom is 0.290 e. The number of likely N-dealkylation sites (N-methyl/N-ethyl adjacent to an activating group) is 1. The number of fused-ring (bicyclic) bond motifs is 3. The zero-order valence-electron chi connectivity index (χ0n) is 12.0. The van der Waals surface area contributed by atoms with Gasteiger partial charge < -0.3 is 15.2 Å². The van der Waals surface area contributed by atoms with Gasteiger partial charge in [0.1, 0.15) is 0 Å². The van der Waals surface area contributed by atoms with Crippen LogP contribution < -0.4 is 5.73 Å². The van der Waals surface area contributed by atoms with Gasteiger partial charge in [-0.25, -0.2) is 0 Å². The summed E-state index contributed by atoms with van der Waals surface area (Å²) in [4.78, 5) is 31.3. The van der Waals surface area contributed by atoms with E-state index in [1.807, 2.05) is 11.9 Å². The fraction of sp³-hybridized carbons (Fsp3) is 0.692. The van der Waals surface area contributed by atoms with Gasteiger partial charge in [0.25, 0.3) is 11.7 Å². The van der Waals surface area contributed by atoms with Crippen LogP contribution in [-0.4, -0.2) is 57.9 Å². The highest BCUT2D eigenvalue weighted by atomic mass is 16.5. The summed E-state index contributed by atoms with van der Waals surface area (Å²) in [5.41, 5.74) is 5.11. The van der Waals surface area contributed by atoms with Crippen LogP contribution in [0.2, 0.25) is 0 Å². The van der Waals surface area contributed by atoms with E-state index in [-0.39, 0.29) is 23.7 Å². The lowest BCUT2D eigenvalue weighted by atomic mass is 9.99. The Kier molecular flexibility index (Phi) is 3.62. The second-order valence-electron chi connectivity index (χ2n) is 5.80. The van der Waals surface area contributed by atoms with E-state index < -0.39 is 5.91 Å². The van der Waals surface area contributed by atoms with Crippen LogP contribution in [0.3, 0.4) is 0 Å². The number of likely N-dealkylation sites (tertiary alicyclic amines) is 1. The number of rotatable bonds is 3. The van der Waals surface area contributed by atoms with Gasteiger partial charge in [0.05, 0.1) is 12.5 Å². The van der Waals surface area contributed by atoms with Crippen molar-refractivity contribution >= 4 is 11.8 Å². The minimum Gasteiger partial charge on any atom is -0.363 e. The van der Waals surface area contributed by atoms with Crippen molar-refractivity contribution in [3.05, 3.63) is 11.7 Å². The molecule has 2 bridgehead atoms. The minimum absolute atomic E-state index is 0.0287. The molecule has 0 aromatic carbocycles. The van der Waals surface area contributed by atoms with E-state index in [9.17, 15) is 9.59 Å². The molecule has 2 amide bonds. The summed E-state index contributed by atoms with van der Waals surface area (Å²) in [6.45, 7) is 1.91. The number of nitrogens with two attached hydrogens (primary N) is 1. The van der Waals surface area contributed by atoms with Gasteiger partial charge in [-0.2, -0.15) is 4.98 Å². The Morgan fingerprint density at radius 3 is 2.95 bits per heavy atom. The first-order valence-corrected chi connectivity index (χ1v) is 7.16. The number of amides is 2. The number of carbonyl (C=O) groups is 2. The van der Waals surface area contributed by atoms with Crippen LogP contribution in [0.15, 0.2) is 4.52 Å². The summed E-state index contributed by atoms with van der Waals surface area (Å²) >= 11 is 0. The Balaban J connectivity index is 1.74. The van der Waals surface area contributed by atoms with E-state index in [0.29, 0.717) is 19.0 Å². The maximum absolute atomic E-state index is 12.3. The molecule has 2 saturated heterocycles. The molecular weight excluding hydrogens is 274 g/mol. The van der Waals surface area contributed by atoms with E-state index in [4.69, 9.17) is 10.3 Å². The molecule has 1 aromatic heterocycles. The molecule has 0 unspecified atom stereocenters. The van der Waals surface area contributed by atoms with Crippen molar-refractivity contribution < 1.29 is 14.1 Å². The molecule has 3 rings (SSSR count). The lowest BCUT2D eigenvalue weighted by Gasteiger charge is -2.28. The molecule has 2 fully saturated rings. The third kappa shape index (κ3) is 2.76. The van der Waals surface area contributed by atoms with Gasteiger partial charge in [-0.15, -0.1) is 0 Å². The third-order valence-electron chi connectivity index (χ3n) is 4.33. The van der Waals surface area contributed by atoms with Crippen LogP contribution >= 0.6 is 0 Å². The van der Waals surface area contributed by atoms with Crippen LogP contribution in [-0.2, 0) is 11.3 Å². The van der Waals surface area contributed by atoms with Crippen LogP contribution in [0.4, 0.5) is 0 Å². The molecule has 8 heteroatoms. The van der Waals surface area contributed by atoms with Gasteiger partial charge in [-0.1, -0.05) is 11.6 Å². The first kappa shape index (κ1) is 14.0. The highest BCUT2D eigenvalue weighted by molar-refractivity contribution is 5.88. The quantitative estimate of drug-likeness (QED) is 0.813. The van der Waals surface area contributed by atoms with E-state index in [0.717, 1.165) is 25.8 Å². The average molecular weight is 293 g/mol. The maximum atomic E-state index is 12.3. The van der Waals surface area contributed by atoms with E-state index >= 15 is 0 Å². The van der Waals surface area contributed by atoms with Gasteiger partial charge in [0, 0.05) is 26.2 Å². The predicted octanol–water partition coefficient (Wildman–Crippen LogP) is -0.389. The standard InChI is InChI=1S/C13H19N5O3/c1-17-9-4-2-3-8(13(17)20)5-18(6-9)7-10-15-12(11(14)19)16-21-10/h8-9H,2-7H2,1H3,(H2,14,19)/t8-,9+/m1/s1. The third-order valence-corrected chi connectivity index (χ3v) is 4.33. The Labute approximate surface area is 122 Å². The van der Waals surface area contributed by atoms with Gasteiger partial charge >= 0.3 is 0 Å². The van der Waals surface area contributed by atoms with Crippen molar-refractivity contribution in [3.8, 4) is 0 Å². The number of primary amides is 1. The van der Waals surface area contributed by atoms with E-state index in [1.54, 1.807) is 0 Å². The number of aromatic nitrogens is 2. The molecule has 2 aliphatic heterocycles. The Morgan fingerprint density at radius 2 is 2.24 bits per heavy atom. The Morgan fingerprint density at radius 1 is 1.43 bits per heavy atom. The highest BCUT2D eigenvalue weighted by Crippen LogP contribution is 2.27. The molecule has 8 nitrogen and oxygen atoms in total. The number of hydrogen-bond donors (Lipinski definition) is 1. The smallest absolute Gasteiger partial charge is 0.290 e. The molecular formula is C13H19N5O3. The summed E-state index contributed by atoms with van der Waals surface area (Å²) in [6.07, 6.45) is 3.03. The SMILES string of the molecule is CN1C(=O)[C@@H]2CCC[C@H]1CN(Cc1nc(C(N)=O)no1)C2. The Bertz CT molecular complexity index is 558. The fourth-order valence-corrected chi connectivity index (χ4v) is 3.19. The normalized spacial score (nSPS) is 26.7. The predicted molar refractivity (Wildman–Crippen MR) is 72.0 cm³/mol. The van der Waals surface area contributed by atoms with Gasteiger partial charge in [-0.05, 0) is 12.8 Å². The molecule has 0 radical (unpaired) electrons. The fourth-order valence-electron chi connectivity index (χ4n) is 3.19. The molecule has 2 N–H and O–H groups in total. The summed E-state index contributed by atoms with van der Waals surface area (Å²) < 4.78 is 5.04. The molecule has 2 atom stereocenters. The van der Waals surface area contributed by atoms with Crippen molar-refractivity contribution in [2.24, 2.45) is 11.7 Å². The zero-order chi connectivity index (χ0) is 15.0. The first-order chi connectivity index (χ1) is 10.0. The number of carbonyl (C=O) groups excluding carboxylic acids is 2. The summed E-state index contributed by atoms with van der Waals surface area (Å²) in [5, 5.41) is 3.54. The summed E-state index contributed by atoms with van der Waals surface area (Å²) in [5.74, 6) is -0.191. The molecule has 0 saturated carbocycles. The largest absolute Gasteiger partial charge is 0.363 e. The van der Waals surface area contributed by atoms with Crippen LogP contribution in [0, 0.1) is 5.92 Å². The number of nitrogens with zero attached hydrogens (tertiary/aromatic N) is 4. The highest BCUT2D eigenvalue weighted by Gasteiger charge is 2.36. The minimum atomic E-state index is -0.701. The topological polar surface area (TPSA) is 106 Å². The van der Waals surface area contributed by atoms with Crippen molar-refractivity contribution in [2.45, 2.75) is 31.8 Å². The molecule has 21 heavy (non-hydrogen) atoms. The van der Waals surface area contributed by atoms with Gasteiger partial charge in [0.15, 0.2) is 0 Å². The van der Waals surface area contributed by atoms with Crippen molar-refractivity contribution in [3.63, 3.8) is 0 Å². The lowest BCUT2D eigenvalue weighted by Crippen LogP contribution is -2.40. The molecule has 0 aliphatic carbocycles.